The molecule has 2 unspecified atom stereocenters. The number of nitrogens with one attached hydrogen (secondary N) is 3. The van der Waals surface area contributed by atoms with Crippen LogP contribution in [0.25, 0.3) is 0 Å². The Morgan fingerprint density at radius 3 is 1.13 bits per heavy atom. The van der Waals surface area contributed by atoms with Crippen LogP contribution >= 0.6 is 0 Å². The van der Waals surface area contributed by atoms with Crippen LogP contribution in [0.1, 0.15) is 279 Å². The van der Waals surface area contributed by atoms with Gasteiger partial charge in [-0.3, -0.25) is 44.9 Å². The number of para-hydroxylation sites is 4. The molecule has 12 aromatic rings. The summed E-state index contributed by atoms with van der Waals surface area (Å²) in [5.41, 5.74) is 30.8. The van der Waals surface area contributed by atoms with E-state index in [-0.39, 0.29) is 17.5 Å². The van der Waals surface area contributed by atoms with Crippen molar-refractivity contribution in [3.05, 3.63) is 356 Å². The van der Waals surface area contributed by atoms with E-state index in [1.165, 1.54) is 89.4 Å². The van der Waals surface area contributed by atoms with Crippen molar-refractivity contribution in [1.29, 1.82) is 0 Å². The van der Waals surface area contributed by atoms with E-state index < -0.39 is 0 Å². The highest BCUT2D eigenvalue weighted by molar-refractivity contribution is 5.99. The summed E-state index contributed by atoms with van der Waals surface area (Å²) in [5, 5.41) is 10.7. The van der Waals surface area contributed by atoms with E-state index in [1.54, 1.807) is 12.4 Å². The van der Waals surface area contributed by atoms with Crippen molar-refractivity contribution in [2.75, 3.05) is 16.0 Å². The third-order valence-corrected chi connectivity index (χ3v) is 19.6. The number of hydrogen-bond acceptors (Lipinski definition) is 12. The van der Waals surface area contributed by atoms with E-state index in [0.717, 1.165) is 63.5 Å². The highest BCUT2D eigenvalue weighted by Crippen LogP contribution is 2.39. The van der Waals surface area contributed by atoms with Gasteiger partial charge in [0.15, 0.2) is 0 Å². The van der Waals surface area contributed by atoms with Crippen molar-refractivity contribution in [2.45, 2.75) is 226 Å². The van der Waals surface area contributed by atoms with Crippen LogP contribution in [-0.2, 0) is 12.0 Å². The molecule has 115 heavy (non-hydrogen) atoms. The lowest BCUT2D eigenvalue weighted by molar-refractivity contribution is 0.590. The molecular weight excluding hydrogens is 1410 g/mol. The Labute approximate surface area is 690 Å². The monoisotopic (exact) mass is 1530 g/mol. The first-order valence-corrected chi connectivity index (χ1v) is 40.9. The summed E-state index contributed by atoms with van der Waals surface area (Å²) in [7, 11) is 0. The predicted molar refractivity (Wildman–Crippen MR) is 494 cm³/mol. The Kier molecular flexibility index (Phi) is 35.9. The Morgan fingerprint density at radius 2 is 0.730 bits per heavy atom. The van der Waals surface area contributed by atoms with Crippen LogP contribution in [-0.4, -0.2) is 48.0 Å². The first-order chi connectivity index (χ1) is 54.9. The second-order valence-electron chi connectivity index (χ2n) is 32.5. The van der Waals surface area contributed by atoms with E-state index >= 15 is 0 Å². The lowest BCUT2D eigenvalue weighted by atomic mass is 9.85. The van der Waals surface area contributed by atoms with Crippen molar-refractivity contribution in [1.82, 2.24) is 29.9 Å². The van der Waals surface area contributed by atoms with Crippen LogP contribution in [0.3, 0.4) is 0 Å². The maximum Gasteiger partial charge on any atom is 0.0841 e. The van der Waals surface area contributed by atoms with Gasteiger partial charge in [-0.05, 0) is 243 Å². The van der Waals surface area contributed by atoms with Crippen molar-refractivity contribution >= 4 is 52.3 Å². The molecule has 0 bridgehead atoms. The molecule has 0 radical (unpaired) electrons. The van der Waals surface area contributed by atoms with Gasteiger partial charge in [0.1, 0.15) is 0 Å². The minimum atomic E-state index is 0.132. The van der Waals surface area contributed by atoms with E-state index in [2.05, 4.69) is 325 Å². The molecule has 0 saturated heterocycles. The lowest BCUT2D eigenvalue weighted by Crippen LogP contribution is -2.16. The average Bonchev–Trinajstić information content (AvgIpc) is 0.813. The second-order valence-corrected chi connectivity index (χ2v) is 32.5. The van der Waals surface area contributed by atoms with Gasteiger partial charge in [0.05, 0.1) is 88.0 Å². The summed E-state index contributed by atoms with van der Waals surface area (Å²) in [4.78, 5) is 40.3. The molecule has 12 heteroatoms. The van der Waals surface area contributed by atoms with Gasteiger partial charge in [-0.1, -0.05) is 248 Å². The predicted octanol–water partition coefficient (Wildman–Crippen LogP) is 28.0. The molecule has 12 nitrogen and oxygen atoms in total. The fraction of sp³-hybridized carbons (Fsp3) is 0.330. The first kappa shape index (κ1) is 90.8. The Hall–Kier alpha value is -11.4. The van der Waals surface area contributed by atoms with Crippen molar-refractivity contribution in [3.8, 4) is 0 Å². The van der Waals surface area contributed by atoms with Gasteiger partial charge in [0.2, 0.25) is 0 Å². The second kappa shape index (κ2) is 45.5. The lowest BCUT2D eigenvalue weighted by Gasteiger charge is -2.25. The molecule has 0 amide bonds. The molecule has 6 aromatic heterocycles. The van der Waals surface area contributed by atoms with Gasteiger partial charge < -0.3 is 16.0 Å². The molecule has 600 valence electrons. The van der Waals surface area contributed by atoms with Gasteiger partial charge in [0.25, 0.3) is 0 Å². The van der Waals surface area contributed by atoms with Gasteiger partial charge >= 0.3 is 0 Å². The molecule has 12 rings (SSSR count). The number of aromatic nitrogens is 6. The zero-order valence-corrected chi connectivity index (χ0v) is 73.2. The molecule has 0 aliphatic rings. The molecular formula is C103H128N12. The number of aliphatic imine (C=N–C) groups is 3. The highest BCUT2D eigenvalue weighted by atomic mass is 15.0. The molecule has 0 aliphatic heterocycles. The standard InChI is InChI=1S/C19H26N2.C19H24N2.C18H22N2.C17H22N2.C15H18N2.C15H16N2/c2*1-13(2)16-9-8-10-17(14(3)4)19(16)21-15(5)18-11-6-7-12-20-18;1-13(2)16-9-7-10-17(14(3)4)18(16)20-12-15-8-5-6-11-19-15;1-13(15-10-7-8-12-18-15)19-16-11-6-5-9-14(16)17(2,3)4;2*1-11-8-12(2)15(13(3)9-11)17-10-14-6-4-5-7-16-14/h6-15,21H,1-5H3;6-14H,1-5H3;5-14H,1-4H3;5-13,19H,1-4H3;4-9,17H,10H2,1-3H3;4-10H,1-3H3. The molecule has 0 fully saturated rings. The number of rotatable bonds is 21. The molecule has 6 heterocycles. The Bertz CT molecular complexity index is 4860. The Morgan fingerprint density at radius 1 is 0.357 bits per heavy atom. The van der Waals surface area contributed by atoms with Crippen LogP contribution in [0, 0.1) is 41.5 Å². The maximum atomic E-state index is 4.93. The van der Waals surface area contributed by atoms with E-state index in [4.69, 9.17) is 9.98 Å². The Balaban J connectivity index is 0.000000191. The largest absolute Gasteiger partial charge is 0.379 e. The van der Waals surface area contributed by atoms with Crippen LogP contribution in [0.5, 0.6) is 0 Å². The highest BCUT2D eigenvalue weighted by Gasteiger charge is 2.21. The smallest absolute Gasteiger partial charge is 0.0841 e. The number of anilines is 3. The maximum absolute atomic E-state index is 4.93. The summed E-state index contributed by atoms with van der Waals surface area (Å²) >= 11 is 0. The summed E-state index contributed by atoms with van der Waals surface area (Å²) < 4.78 is 0. The van der Waals surface area contributed by atoms with Crippen molar-refractivity contribution in [2.24, 2.45) is 15.0 Å². The van der Waals surface area contributed by atoms with Gasteiger partial charge in [0, 0.05) is 54.2 Å². The van der Waals surface area contributed by atoms with Gasteiger partial charge in [-0.15, -0.1) is 0 Å². The fourth-order valence-corrected chi connectivity index (χ4v) is 13.6. The molecule has 0 saturated carbocycles. The topological polar surface area (TPSA) is 151 Å². The molecule has 0 aliphatic carbocycles. The number of benzene rings is 6. The van der Waals surface area contributed by atoms with E-state index in [1.807, 2.05) is 141 Å². The minimum absolute atomic E-state index is 0.132. The number of nitrogens with zero attached hydrogens (tertiary/aromatic N) is 9. The fourth-order valence-electron chi connectivity index (χ4n) is 13.6. The average molecular weight is 1530 g/mol. The zero-order chi connectivity index (χ0) is 83.7. The molecule has 0 spiro atoms. The number of hydrogen-bond donors (Lipinski definition) is 3. The summed E-state index contributed by atoms with van der Waals surface area (Å²) in [6, 6.07) is 72.9. The summed E-state index contributed by atoms with van der Waals surface area (Å²) in [6.45, 7) is 53.2. The van der Waals surface area contributed by atoms with Gasteiger partial charge in [-0.25, -0.2) is 0 Å². The van der Waals surface area contributed by atoms with Crippen LogP contribution in [0.2, 0.25) is 0 Å². The van der Waals surface area contributed by atoms with E-state index in [9.17, 15) is 0 Å². The minimum Gasteiger partial charge on any atom is -0.379 e. The van der Waals surface area contributed by atoms with Crippen LogP contribution < -0.4 is 16.0 Å². The van der Waals surface area contributed by atoms with Crippen LogP contribution in [0.4, 0.5) is 34.1 Å². The third kappa shape index (κ3) is 28.6. The normalized spacial score (nSPS) is 11.9. The molecule has 2 atom stereocenters. The SMILES string of the molecule is CC(=Nc1c(C(C)C)cccc1C(C)C)c1ccccn1.CC(C)c1cccc(C(C)C)c1N=Cc1ccccn1.CC(C)c1cccc(C(C)C)c1NC(C)c1ccccn1.CC(Nc1ccccc1C(C)(C)C)c1ccccn1.Cc1cc(C)c(N=Cc2ccccn2)c(C)c1.Cc1cc(C)c(NCc2ccccn2)c(C)c1. The summed E-state index contributed by atoms with van der Waals surface area (Å²) in [6.07, 6.45) is 14.6. The first-order valence-electron chi connectivity index (χ1n) is 40.9. The number of aryl methyl sites for hydroxylation is 6. The zero-order valence-electron chi connectivity index (χ0n) is 73.2. The van der Waals surface area contributed by atoms with Crippen molar-refractivity contribution in [3.63, 3.8) is 0 Å². The third-order valence-electron chi connectivity index (χ3n) is 19.6. The quantitative estimate of drug-likeness (QED) is 0.0598. The number of pyridine rings is 6. The molecule has 3 N–H and O–H groups in total. The molecule has 6 aromatic carbocycles. The summed E-state index contributed by atoms with van der Waals surface area (Å²) in [5.74, 6) is 2.84. The van der Waals surface area contributed by atoms with E-state index in [0.29, 0.717) is 35.5 Å². The van der Waals surface area contributed by atoms with Crippen molar-refractivity contribution < 1.29 is 0 Å². The van der Waals surface area contributed by atoms with Gasteiger partial charge in [-0.2, -0.15) is 0 Å². The van der Waals surface area contributed by atoms with Crippen LogP contribution in [0.15, 0.2) is 264 Å².